The van der Waals surface area contributed by atoms with E-state index in [1.54, 1.807) is 0 Å². The monoisotopic (exact) mass is 404 g/mol. The van der Waals surface area contributed by atoms with Crippen LogP contribution in [0.1, 0.15) is 83.1 Å². The van der Waals surface area contributed by atoms with Crippen LogP contribution in [-0.4, -0.2) is 19.0 Å². The third-order valence-corrected chi connectivity index (χ3v) is 6.46. The first-order valence-corrected chi connectivity index (χ1v) is 11.6. The van der Waals surface area contributed by atoms with Crippen LogP contribution in [0.2, 0.25) is 0 Å². The molecule has 0 N–H and O–H groups in total. The summed E-state index contributed by atoms with van der Waals surface area (Å²) in [6.07, 6.45) is 0. The van der Waals surface area contributed by atoms with E-state index in [-0.39, 0.29) is 19.0 Å². The van der Waals surface area contributed by atoms with Gasteiger partial charge in [-0.1, -0.05) is 83.1 Å². The van der Waals surface area contributed by atoms with E-state index in [4.69, 9.17) is 0 Å². The molecular weight excluding hydrogens is 368 g/mol. The Kier molecular flexibility index (Phi) is 9.33. The fraction of sp³-hybridized carbons (Fsp3) is 0.800. The van der Waals surface area contributed by atoms with E-state index in [9.17, 15) is 0 Å². The molecule has 0 nitrogen and oxygen atoms in total. The summed E-state index contributed by atoms with van der Waals surface area (Å²) in [5.74, 6) is 0. The summed E-state index contributed by atoms with van der Waals surface area (Å²) >= 11 is 7.52. The molecule has 0 aromatic heterocycles. The first-order valence-electron chi connectivity index (χ1n) is 8.38. The van der Waals surface area contributed by atoms with Crippen LogP contribution in [0.4, 0.5) is 0 Å². The molecule has 0 unspecified atom stereocenters. The molecule has 0 spiro atoms. The highest BCUT2D eigenvalue weighted by Gasteiger charge is 2.21. The lowest BCUT2D eigenvalue weighted by atomic mass is 10.3. The average Bonchev–Trinajstić information content (AvgIpc) is 2.16. The predicted molar refractivity (Wildman–Crippen MR) is 123 cm³/mol. The highest BCUT2D eigenvalue weighted by molar-refractivity contribution is 8.23. The first kappa shape index (κ1) is 24.7. The van der Waals surface area contributed by atoms with E-state index in [1.807, 2.05) is 47.0 Å². The molecule has 24 heavy (non-hydrogen) atoms. The first-order chi connectivity index (χ1) is 10.4. The second-order valence-electron chi connectivity index (χ2n) is 9.68. The maximum Gasteiger partial charge on any atom is 0.0919 e. The topological polar surface area (TPSA) is 0 Å². The van der Waals surface area contributed by atoms with Crippen molar-refractivity contribution in [3.8, 4) is 0 Å². The van der Waals surface area contributed by atoms with E-state index in [2.05, 4.69) is 94.5 Å². The van der Waals surface area contributed by atoms with E-state index < -0.39 is 0 Å². The molecule has 0 aliphatic rings. The van der Waals surface area contributed by atoms with Crippen molar-refractivity contribution in [2.24, 2.45) is 0 Å². The van der Waals surface area contributed by atoms with Crippen molar-refractivity contribution >= 4 is 47.0 Å². The van der Waals surface area contributed by atoms with E-state index in [1.165, 1.54) is 8.47 Å². The molecule has 0 atom stereocenters. The van der Waals surface area contributed by atoms with Crippen LogP contribution in [0, 0.1) is 0 Å². The number of rotatable bonds is 4. The largest absolute Gasteiger partial charge is 0.104 e. The van der Waals surface area contributed by atoms with Crippen molar-refractivity contribution in [2.45, 2.75) is 102 Å². The van der Waals surface area contributed by atoms with Gasteiger partial charge in [-0.3, -0.25) is 0 Å². The van der Waals surface area contributed by atoms with E-state index >= 15 is 0 Å². The molecule has 4 heteroatoms. The summed E-state index contributed by atoms with van der Waals surface area (Å²) in [6, 6.07) is 0. The van der Waals surface area contributed by atoms with Crippen LogP contribution < -0.4 is 0 Å². The van der Waals surface area contributed by atoms with Crippen molar-refractivity contribution in [2.75, 3.05) is 0 Å². The lowest BCUT2D eigenvalue weighted by Crippen LogP contribution is -2.11. The summed E-state index contributed by atoms with van der Waals surface area (Å²) in [7, 11) is 0. The van der Waals surface area contributed by atoms with Gasteiger partial charge in [-0.25, -0.2) is 0 Å². The molecule has 0 aliphatic heterocycles. The molecule has 0 radical (unpaired) electrons. The summed E-state index contributed by atoms with van der Waals surface area (Å²) in [4.78, 5) is 0. The lowest BCUT2D eigenvalue weighted by molar-refractivity contribution is 0.802. The molecule has 0 saturated carbocycles. The van der Waals surface area contributed by atoms with Gasteiger partial charge in [-0.2, -0.15) is 0 Å². The van der Waals surface area contributed by atoms with E-state index in [0.29, 0.717) is 0 Å². The summed E-state index contributed by atoms with van der Waals surface area (Å²) < 4.78 is 3.15. The third kappa shape index (κ3) is 16.2. The molecule has 0 fully saturated rings. The van der Waals surface area contributed by atoms with Gasteiger partial charge in [0, 0.05) is 19.0 Å². The highest BCUT2D eigenvalue weighted by atomic mass is 32.2. The lowest BCUT2D eigenvalue weighted by Gasteiger charge is -2.24. The number of hydrogen-bond donors (Lipinski definition) is 0. The quantitative estimate of drug-likeness (QED) is 0.430. The van der Waals surface area contributed by atoms with Gasteiger partial charge in [0.05, 0.1) is 8.47 Å². The zero-order valence-electron chi connectivity index (χ0n) is 17.6. The maximum atomic E-state index is 3.49. The van der Waals surface area contributed by atoms with Crippen molar-refractivity contribution in [3.63, 3.8) is 0 Å². The van der Waals surface area contributed by atoms with Crippen molar-refractivity contribution in [1.29, 1.82) is 0 Å². The van der Waals surface area contributed by atoms with Gasteiger partial charge >= 0.3 is 0 Å². The molecular formula is C20H36S4. The maximum absolute atomic E-state index is 3.49. The van der Waals surface area contributed by atoms with Gasteiger partial charge in [0.15, 0.2) is 0 Å². The average molecular weight is 405 g/mol. The van der Waals surface area contributed by atoms with Crippen molar-refractivity contribution < 1.29 is 0 Å². The molecule has 0 rings (SSSR count). The van der Waals surface area contributed by atoms with Gasteiger partial charge < -0.3 is 0 Å². The van der Waals surface area contributed by atoms with Gasteiger partial charge in [0.25, 0.3) is 0 Å². The zero-order chi connectivity index (χ0) is 19.4. The Morgan fingerprint density at radius 2 is 0.583 bits per heavy atom. The van der Waals surface area contributed by atoms with Crippen LogP contribution in [-0.2, 0) is 0 Å². The van der Waals surface area contributed by atoms with E-state index in [0.717, 1.165) is 0 Å². The molecule has 0 bridgehead atoms. The summed E-state index contributed by atoms with van der Waals surface area (Å²) in [5.41, 5.74) is 6.98. The second kappa shape index (κ2) is 9.07. The third-order valence-electron chi connectivity index (χ3n) is 1.86. The smallest absolute Gasteiger partial charge is 0.0919 e. The zero-order valence-corrected chi connectivity index (χ0v) is 20.9. The predicted octanol–water partition coefficient (Wildman–Crippen LogP) is 8.55. The minimum Gasteiger partial charge on any atom is -0.104 e. The van der Waals surface area contributed by atoms with Crippen LogP contribution in [0.25, 0.3) is 0 Å². The fourth-order valence-corrected chi connectivity index (χ4v) is 7.32. The number of thioether (sulfide) groups is 4. The SMILES string of the molecule is CC(C)(C)SC(=C=C=C(SC(C)(C)C)SC(C)(C)C)SC(C)(C)C. The van der Waals surface area contributed by atoms with Crippen molar-refractivity contribution in [3.05, 3.63) is 19.9 Å². The van der Waals surface area contributed by atoms with Crippen LogP contribution >= 0.6 is 47.0 Å². The molecule has 0 amide bonds. The van der Waals surface area contributed by atoms with Crippen LogP contribution in [0.15, 0.2) is 19.9 Å². The summed E-state index contributed by atoms with van der Waals surface area (Å²) in [5, 5.41) is 0. The van der Waals surface area contributed by atoms with Crippen LogP contribution in [0.3, 0.4) is 0 Å². The van der Waals surface area contributed by atoms with Gasteiger partial charge in [-0.15, -0.1) is 47.0 Å². The second-order valence-corrected chi connectivity index (χ2v) is 17.5. The molecule has 0 aromatic carbocycles. The van der Waals surface area contributed by atoms with Gasteiger partial charge in [0.1, 0.15) is 0 Å². The summed E-state index contributed by atoms with van der Waals surface area (Å²) in [6.45, 7) is 27.0. The molecule has 0 aromatic rings. The molecule has 0 saturated heterocycles. The minimum atomic E-state index is 0.177. The highest BCUT2D eigenvalue weighted by Crippen LogP contribution is 2.44. The standard InChI is InChI=1S/C20H36S4/c1-17(2,3)21-15(22-18(4,5)6)13-14-16(23-19(7,8)9)24-20(10,11)12/h1-12H3. The molecule has 140 valence electrons. The van der Waals surface area contributed by atoms with Crippen molar-refractivity contribution in [1.82, 2.24) is 0 Å². The Balaban J connectivity index is 5.97. The Hall–Kier alpha value is 0.700. The Bertz CT molecular complexity index is 420. The molecule has 0 aliphatic carbocycles. The fourth-order valence-electron chi connectivity index (χ4n) is 1.36. The molecule has 0 heterocycles. The van der Waals surface area contributed by atoms with Gasteiger partial charge in [0.2, 0.25) is 0 Å². The Morgan fingerprint density at radius 3 is 0.708 bits per heavy atom. The van der Waals surface area contributed by atoms with Crippen LogP contribution in [0.5, 0.6) is 0 Å². The normalized spacial score (nSPS) is 13.3. The van der Waals surface area contributed by atoms with Gasteiger partial charge in [-0.05, 0) is 11.5 Å². The Labute approximate surface area is 168 Å². The minimum absolute atomic E-state index is 0.177. The number of hydrogen-bond acceptors (Lipinski definition) is 4. The Morgan fingerprint density at radius 1 is 0.417 bits per heavy atom.